The molecule has 0 saturated heterocycles. The second-order valence-corrected chi connectivity index (χ2v) is 5.06. The van der Waals surface area contributed by atoms with Crippen LogP contribution in [0.1, 0.15) is 36.0 Å². The molecule has 92 valence electrons. The Kier molecular flexibility index (Phi) is 3.69. The van der Waals surface area contributed by atoms with Crippen molar-refractivity contribution in [2.24, 2.45) is 0 Å². The van der Waals surface area contributed by atoms with Crippen LogP contribution in [0.4, 0.5) is 0 Å². The third kappa shape index (κ3) is 3.20. The monoisotopic (exact) mass is 253 g/mol. The highest BCUT2D eigenvalue weighted by Crippen LogP contribution is 2.28. The average molecular weight is 254 g/mol. The van der Waals surface area contributed by atoms with E-state index in [4.69, 9.17) is 11.6 Å². The molecule has 1 amide bonds. The van der Waals surface area contributed by atoms with E-state index in [1.807, 2.05) is 0 Å². The van der Waals surface area contributed by atoms with Crippen LogP contribution in [0.5, 0.6) is 0 Å². The van der Waals surface area contributed by atoms with Gasteiger partial charge in [0.2, 0.25) is 0 Å². The molecule has 2 rings (SSSR count). The van der Waals surface area contributed by atoms with Crippen molar-refractivity contribution in [2.75, 3.05) is 6.54 Å². The van der Waals surface area contributed by atoms with E-state index in [1.165, 1.54) is 0 Å². The number of amides is 1. The molecule has 2 N–H and O–H groups in total. The van der Waals surface area contributed by atoms with E-state index >= 15 is 0 Å². The zero-order chi connectivity index (χ0) is 12.3. The van der Waals surface area contributed by atoms with E-state index in [0.717, 1.165) is 25.7 Å². The average Bonchev–Trinajstić information content (AvgIpc) is 2.75. The fourth-order valence-electron chi connectivity index (χ4n) is 2.16. The third-order valence-electron chi connectivity index (χ3n) is 3.22. The van der Waals surface area contributed by atoms with Gasteiger partial charge in [-0.2, -0.15) is 0 Å². The maximum atomic E-state index is 11.8. The van der Waals surface area contributed by atoms with Crippen molar-refractivity contribution in [3.8, 4) is 0 Å². The van der Waals surface area contributed by atoms with Crippen LogP contribution in [0, 0.1) is 0 Å². The van der Waals surface area contributed by atoms with Crippen molar-refractivity contribution in [1.29, 1.82) is 0 Å². The van der Waals surface area contributed by atoms with Gasteiger partial charge in [0.25, 0.3) is 5.91 Å². The van der Waals surface area contributed by atoms with E-state index in [2.05, 4.69) is 5.32 Å². The lowest BCUT2D eigenvalue weighted by Gasteiger charge is -2.22. The molecule has 3 nitrogen and oxygen atoms in total. The summed E-state index contributed by atoms with van der Waals surface area (Å²) in [7, 11) is 0. The van der Waals surface area contributed by atoms with Gasteiger partial charge in [-0.05, 0) is 37.1 Å². The molecule has 1 aromatic rings. The Morgan fingerprint density at radius 2 is 1.88 bits per heavy atom. The molecule has 0 radical (unpaired) electrons. The summed E-state index contributed by atoms with van der Waals surface area (Å²) in [6.07, 6.45) is 3.61. The number of rotatable bonds is 3. The summed E-state index contributed by atoms with van der Waals surface area (Å²) in [4.78, 5) is 11.8. The molecule has 1 aliphatic rings. The Morgan fingerprint density at radius 1 is 1.29 bits per heavy atom. The number of hydrogen-bond donors (Lipinski definition) is 2. The Labute approximate surface area is 106 Å². The molecular formula is C13H16ClNO2. The number of carbonyl (C=O) groups excluding carboxylic acids is 1. The molecule has 0 aromatic heterocycles. The molecule has 0 bridgehead atoms. The van der Waals surface area contributed by atoms with Gasteiger partial charge in [0.05, 0.1) is 5.60 Å². The Bertz CT molecular complexity index is 396. The van der Waals surface area contributed by atoms with Crippen molar-refractivity contribution in [3.63, 3.8) is 0 Å². The first kappa shape index (κ1) is 12.4. The second-order valence-electron chi connectivity index (χ2n) is 4.62. The highest BCUT2D eigenvalue weighted by atomic mass is 35.5. The number of halogens is 1. The molecule has 0 atom stereocenters. The van der Waals surface area contributed by atoms with E-state index < -0.39 is 5.60 Å². The van der Waals surface area contributed by atoms with Gasteiger partial charge in [-0.25, -0.2) is 0 Å². The fraction of sp³-hybridized carbons (Fsp3) is 0.462. The Hall–Kier alpha value is -1.06. The molecule has 0 heterocycles. The first-order valence-electron chi connectivity index (χ1n) is 5.85. The standard InChI is InChI=1S/C13H16ClNO2/c14-11-5-3-10(4-6-11)12(16)15-9-13(17)7-1-2-8-13/h3-6,17H,1-2,7-9H2,(H,15,16). The van der Waals surface area contributed by atoms with E-state index in [1.54, 1.807) is 24.3 Å². The quantitative estimate of drug-likeness (QED) is 0.869. The lowest BCUT2D eigenvalue weighted by Crippen LogP contribution is -2.40. The maximum absolute atomic E-state index is 11.8. The minimum Gasteiger partial charge on any atom is -0.388 e. The Balaban J connectivity index is 1.91. The molecule has 0 spiro atoms. The minimum atomic E-state index is -0.706. The van der Waals surface area contributed by atoms with Crippen molar-refractivity contribution in [3.05, 3.63) is 34.9 Å². The van der Waals surface area contributed by atoms with Gasteiger partial charge in [0.15, 0.2) is 0 Å². The van der Waals surface area contributed by atoms with Crippen molar-refractivity contribution < 1.29 is 9.90 Å². The molecule has 0 unspecified atom stereocenters. The summed E-state index contributed by atoms with van der Waals surface area (Å²) in [5.41, 5.74) is -0.141. The summed E-state index contributed by atoms with van der Waals surface area (Å²) in [5, 5.41) is 13.5. The molecular weight excluding hydrogens is 238 g/mol. The topological polar surface area (TPSA) is 49.3 Å². The van der Waals surface area contributed by atoms with Gasteiger partial charge in [0.1, 0.15) is 0 Å². The summed E-state index contributed by atoms with van der Waals surface area (Å²) in [6.45, 7) is 0.328. The van der Waals surface area contributed by atoms with E-state index in [9.17, 15) is 9.90 Å². The van der Waals surface area contributed by atoms with Crippen LogP contribution < -0.4 is 5.32 Å². The van der Waals surface area contributed by atoms with Crippen LogP contribution in [0.25, 0.3) is 0 Å². The molecule has 1 aliphatic carbocycles. The third-order valence-corrected chi connectivity index (χ3v) is 3.47. The number of carbonyl (C=O) groups is 1. The van der Waals surface area contributed by atoms with Crippen molar-refractivity contribution in [1.82, 2.24) is 5.32 Å². The predicted octanol–water partition coefficient (Wildman–Crippen LogP) is 2.37. The summed E-state index contributed by atoms with van der Waals surface area (Å²) in [6, 6.07) is 6.72. The number of aliphatic hydroxyl groups is 1. The zero-order valence-corrected chi connectivity index (χ0v) is 10.3. The summed E-state index contributed by atoms with van der Waals surface area (Å²) >= 11 is 5.75. The normalized spacial score (nSPS) is 18.0. The summed E-state index contributed by atoms with van der Waals surface area (Å²) in [5.74, 6) is -0.165. The number of benzene rings is 1. The van der Waals surface area contributed by atoms with Gasteiger partial charge in [-0.3, -0.25) is 4.79 Å². The van der Waals surface area contributed by atoms with Crippen LogP contribution in [-0.4, -0.2) is 23.2 Å². The van der Waals surface area contributed by atoms with Crippen molar-refractivity contribution >= 4 is 17.5 Å². The lowest BCUT2D eigenvalue weighted by molar-refractivity contribution is 0.0449. The van der Waals surface area contributed by atoms with Gasteiger partial charge < -0.3 is 10.4 Å². The molecule has 17 heavy (non-hydrogen) atoms. The molecule has 4 heteroatoms. The summed E-state index contributed by atoms with van der Waals surface area (Å²) < 4.78 is 0. The minimum absolute atomic E-state index is 0.165. The highest BCUT2D eigenvalue weighted by molar-refractivity contribution is 6.30. The van der Waals surface area contributed by atoms with Gasteiger partial charge in [0, 0.05) is 17.1 Å². The largest absolute Gasteiger partial charge is 0.388 e. The fourth-order valence-corrected chi connectivity index (χ4v) is 2.28. The van der Waals surface area contributed by atoms with Crippen LogP contribution in [0.3, 0.4) is 0 Å². The molecule has 1 fully saturated rings. The number of hydrogen-bond acceptors (Lipinski definition) is 2. The number of nitrogens with one attached hydrogen (secondary N) is 1. The van der Waals surface area contributed by atoms with Crippen LogP contribution >= 0.6 is 11.6 Å². The van der Waals surface area contributed by atoms with Gasteiger partial charge >= 0.3 is 0 Å². The van der Waals surface area contributed by atoms with E-state index in [-0.39, 0.29) is 5.91 Å². The van der Waals surface area contributed by atoms with Crippen LogP contribution in [0.2, 0.25) is 5.02 Å². The van der Waals surface area contributed by atoms with Gasteiger partial charge in [-0.1, -0.05) is 24.4 Å². The van der Waals surface area contributed by atoms with Crippen LogP contribution in [-0.2, 0) is 0 Å². The smallest absolute Gasteiger partial charge is 0.251 e. The second kappa shape index (κ2) is 5.07. The zero-order valence-electron chi connectivity index (χ0n) is 9.58. The predicted molar refractivity (Wildman–Crippen MR) is 67.2 cm³/mol. The SMILES string of the molecule is O=C(NCC1(O)CCCC1)c1ccc(Cl)cc1. The maximum Gasteiger partial charge on any atom is 0.251 e. The first-order chi connectivity index (χ1) is 8.09. The first-order valence-corrected chi connectivity index (χ1v) is 6.23. The van der Waals surface area contributed by atoms with E-state index in [0.29, 0.717) is 17.1 Å². The lowest BCUT2D eigenvalue weighted by atomic mass is 10.0. The Morgan fingerprint density at radius 3 is 2.47 bits per heavy atom. The highest BCUT2D eigenvalue weighted by Gasteiger charge is 2.31. The molecule has 0 aliphatic heterocycles. The molecule has 1 aromatic carbocycles. The molecule has 1 saturated carbocycles. The van der Waals surface area contributed by atoms with Crippen molar-refractivity contribution in [2.45, 2.75) is 31.3 Å². The van der Waals surface area contributed by atoms with Gasteiger partial charge in [-0.15, -0.1) is 0 Å². The van der Waals surface area contributed by atoms with Crippen LogP contribution in [0.15, 0.2) is 24.3 Å².